The van der Waals surface area contributed by atoms with Gasteiger partial charge in [0.05, 0.1) is 17.5 Å². The Kier molecular flexibility index (Phi) is 6.68. The number of hydrazone groups is 1. The number of carbonyl (C=O) groups is 1. The minimum absolute atomic E-state index is 0.0257. The summed E-state index contributed by atoms with van der Waals surface area (Å²) in [4.78, 5) is 12.2. The van der Waals surface area contributed by atoms with Crippen LogP contribution in [-0.2, 0) is 4.79 Å². The maximum atomic E-state index is 12.2. The number of amides is 1. The van der Waals surface area contributed by atoms with Crippen LogP contribution in [0.2, 0.25) is 0 Å². The monoisotopic (exact) mass is 340 g/mol. The van der Waals surface area contributed by atoms with Gasteiger partial charge in [0.15, 0.2) is 0 Å². The first kappa shape index (κ1) is 17.4. The Morgan fingerprint density at radius 2 is 2.12 bits per heavy atom. The van der Waals surface area contributed by atoms with E-state index in [2.05, 4.69) is 15.8 Å². The van der Waals surface area contributed by atoms with E-state index in [1.54, 1.807) is 12.1 Å². The Bertz CT molecular complexity index is 762. The average Bonchev–Trinajstić information content (AvgIpc) is 3.10. The van der Waals surface area contributed by atoms with Crippen molar-refractivity contribution in [3.8, 4) is 6.07 Å². The molecule has 0 aliphatic heterocycles. The SMILES string of the molecule is CCS/C(Nc1ccccc1)=C(\C#N)C(=O)N/N=C\c1ccco1. The maximum Gasteiger partial charge on any atom is 0.284 e. The molecule has 0 fully saturated rings. The van der Waals surface area contributed by atoms with Crippen LogP contribution in [0, 0.1) is 11.3 Å². The Labute approximate surface area is 144 Å². The van der Waals surface area contributed by atoms with E-state index in [9.17, 15) is 10.1 Å². The first-order chi connectivity index (χ1) is 11.7. The number of anilines is 1. The van der Waals surface area contributed by atoms with Gasteiger partial charge in [-0.2, -0.15) is 10.4 Å². The van der Waals surface area contributed by atoms with Crippen LogP contribution in [-0.4, -0.2) is 17.9 Å². The molecule has 0 saturated heterocycles. The zero-order chi connectivity index (χ0) is 17.2. The van der Waals surface area contributed by atoms with E-state index in [4.69, 9.17) is 4.42 Å². The fraction of sp³-hybridized carbons (Fsp3) is 0.118. The highest BCUT2D eigenvalue weighted by Crippen LogP contribution is 2.22. The van der Waals surface area contributed by atoms with Crippen LogP contribution in [0.1, 0.15) is 12.7 Å². The summed E-state index contributed by atoms with van der Waals surface area (Å²) in [5.41, 5.74) is 3.11. The Balaban J connectivity index is 2.14. The van der Waals surface area contributed by atoms with E-state index in [1.165, 1.54) is 24.2 Å². The molecular weight excluding hydrogens is 324 g/mol. The third-order valence-corrected chi connectivity index (χ3v) is 3.67. The van der Waals surface area contributed by atoms with E-state index in [0.29, 0.717) is 16.5 Å². The molecule has 0 spiro atoms. The number of rotatable bonds is 7. The molecule has 0 bridgehead atoms. The largest absolute Gasteiger partial charge is 0.463 e. The van der Waals surface area contributed by atoms with Gasteiger partial charge < -0.3 is 9.73 Å². The zero-order valence-electron chi connectivity index (χ0n) is 13.0. The van der Waals surface area contributed by atoms with E-state index in [1.807, 2.05) is 43.3 Å². The number of nitriles is 1. The number of nitrogens with one attached hydrogen (secondary N) is 2. The second-order valence-corrected chi connectivity index (χ2v) is 5.73. The highest BCUT2D eigenvalue weighted by Gasteiger charge is 2.15. The van der Waals surface area contributed by atoms with E-state index in [0.717, 1.165) is 5.69 Å². The van der Waals surface area contributed by atoms with Gasteiger partial charge in [0.1, 0.15) is 17.4 Å². The number of nitrogens with zero attached hydrogens (tertiary/aromatic N) is 2. The lowest BCUT2D eigenvalue weighted by Gasteiger charge is -2.11. The second kappa shape index (κ2) is 9.22. The summed E-state index contributed by atoms with van der Waals surface area (Å²) < 4.78 is 5.07. The summed E-state index contributed by atoms with van der Waals surface area (Å²) in [7, 11) is 0. The number of hydrogen-bond donors (Lipinski definition) is 2. The standard InChI is InChI=1S/C17H16N4O2S/c1-2-24-17(20-13-7-4-3-5-8-13)15(11-18)16(22)21-19-12-14-9-6-10-23-14/h3-10,12,20H,2H2,1H3,(H,21,22)/b17-15+,19-12-. The van der Waals surface area contributed by atoms with E-state index in [-0.39, 0.29) is 5.57 Å². The maximum absolute atomic E-state index is 12.2. The second-order valence-electron chi connectivity index (χ2n) is 4.45. The van der Waals surface area contributed by atoms with Crippen molar-refractivity contribution in [1.29, 1.82) is 5.26 Å². The van der Waals surface area contributed by atoms with Crippen LogP contribution in [0.15, 0.2) is 68.8 Å². The zero-order valence-corrected chi connectivity index (χ0v) is 13.8. The molecule has 122 valence electrons. The molecule has 0 aliphatic carbocycles. The van der Waals surface area contributed by atoms with Crippen LogP contribution in [0.5, 0.6) is 0 Å². The van der Waals surface area contributed by atoms with Crippen LogP contribution < -0.4 is 10.7 Å². The molecule has 0 unspecified atom stereocenters. The summed E-state index contributed by atoms with van der Waals surface area (Å²) >= 11 is 1.38. The van der Waals surface area contributed by atoms with Gasteiger partial charge in [-0.25, -0.2) is 5.43 Å². The molecule has 6 nitrogen and oxygen atoms in total. The van der Waals surface area contributed by atoms with Gasteiger partial charge in [-0.15, -0.1) is 11.8 Å². The molecule has 0 aliphatic rings. The van der Waals surface area contributed by atoms with Gasteiger partial charge in [-0.1, -0.05) is 25.1 Å². The highest BCUT2D eigenvalue weighted by atomic mass is 32.2. The first-order valence-corrected chi connectivity index (χ1v) is 8.19. The van der Waals surface area contributed by atoms with Crippen molar-refractivity contribution in [3.63, 3.8) is 0 Å². The summed E-state index contributed by atoms with van der Waals surface area (Å²) in [5.74, 6) is 0.631. The van der Waals surface area contributed by atoms with Crippen LogP contribution in [0.25, 0.3) is 0 Å². The lowest BCUT2D eigenvalue weighted by atomic mass is 10.3. The molecule has 0 saturated carbocycles. The van der Waals surface area contributed by atoms with Crippen molar-refractivity contribution in [2.45, 2.75) is 6.92 Å². The molecule has 1 amide bonds. The number of para-hydroxylation sites is 1. The normalized spacial score (nSPS) is 11.7. The van der Waals surface area contributed by atoms with Gasteiger partial charge in [-0.3, -0.25) is 4.79 Å². The summed E-state index contributed by atoms with van der Waals surface area (Å²) in [6.07, 6.45) is 2.87. The molecule has 7 heteroatoms. The van der Waals surface area contributed by atoms with Gasteiger partial charge in [0.25, 0.3) is 5.91 Å². The Hall–Kier alpha value is -2.98. The number of furan rings is 1. The Morgan fingerprint density at radius 3 is 2.75 bits per heavy atom. The molecule has 1 heterocycles. The van der Waals surface area contributed by atoms with Crippen molar-refractivity contribution in [1.82, 2.24) is 5.43 Å². The average molecular weight is 340 g/mol. The molecule has 2 aromatic rings. The van der Waals surface area contributed by atoms with Gasteiger partial charge in [-0.05, 0) is 30.0 Å². The summed E-state index contributed by atoms with van der Waals surface area (Å²) in [6, 6.07) is 14.7. The van der Waals surface area contributed by atoms with Crippen LogP contribution in [0.3, 0.4) is 0 Å². The van der Waals surface area contributed by atoms with Crippen LogP contribution in [0.4, 0.5) is 5.69 Å². The topological polar surface area (TPSA) is 90.4 Å². The molecular formula is C17H16N4O2S. The van der Waals surface area contributed by atoms with Crippen LogP contribution >= 0.6 is 11.8 Å². The minimum Gasteiger partial charge on any atom is -0.463 e. The number of thioether (sulfide) groups is 1. The van der Waals surface area contributed by atoms with Gasteiger partial charge in [0.2, 0.25) is 0 Å². The van der Waals surface area contributed by atoms with Crippen molar-refractivity contribution in [3.05, 3.63) is 65.1 Å². The molecule has 1 aromatic heterocycles. The third-order valence-electron chi connectivity index (χ3n) is 2.79. The van der Waals surface area contributed by atoms with Gasteiger partial charge in [0, 0.05) is 5.69 Å². The van der Waals surface area contributed by atoms with E-state index >= 15 is 0 Å². The number of carbonyl (C=O) groups excluding carboxylic acids is 1. The fourth-order valence-corrected chi connectivity index (χ4v) is 2.51. The first-order valence-electron chi connectivity index (χ1n) is 7.20. The summed E-state index contributed by atoms with van der Waals surface area (Å²) in [5, 5.41) is 16.7. The lowest BCUT2D eigenvalue weighted by Crippen LogP contribution is -2.21. The molecule has 24 heavy (non-hydrogen) atoms. The highest BCUT2D eigenvalue weighted by molar-refractivity contribution is 8.03. The molecule has 0 atom stereocenters. The minimum atomic E-state index is -0.584. The third kappa shape index (κ3) is 5.04. The number of benzene rings is 1. The molecule has 0 radical (unpaired) electrons. The smallest absolute Gasteiger partial charge is 0.284 e. The quantitative estimate of drug-likeness (QED) is 0.349. The molecule has 1 aromatic carbocycles. The summed E-state index contributed by atoms with van der Waals surface area (Å²) in [6.45, 7) is 1.94. The Morgan fingerprint density at radius 1 is 1.33 bits per heavy atom. The van der Waals surface area contributed by atoms with Crippen molar-refractivity contribution in [2.24, 2.45) is 5.10 Å². The number of hydrogen-bond acceptors (Lipinski definition) is 6. The molecule has 2 rings (SSSR count). The lowest BCUT2D eigenvalue weighted by molar-refractivity contribution is -0.117. The van der Waals surface area contributed by atoms with Crippen molar-refractivity contribution >= 4 is 29.6 Å². The van der Waals surface area contributed by atoms with Crippen molar-refractivity contribution < 1.29 is 9.21 Å². The molecule has 2 N–H and O–H groups in total. The van der Waals surface area contributed by atoms with E-state index < -0.39 is 5.91 Å². The van der Waals surface area contributed by atoms with Gasteiger partial charge >= 0.3 is 0 Å². The van der Waals surface area contributed by atoms with Crippen molar-refractivity contribution in [2.75, 3.05) is 11.1 Å². The fourth-order valence-electron chi connectivity index (χ4n) is 1.75. The predicted molar refractivity (Wildman–Crippen MR) is 95.3 cm³/mol. The predicted octanol–water partition coefficient (Wildman–Crippen LogP) is 3.33.